The number of benzene rings is 2. The minimum atomic E-state index is -0.622. The lowest BCUT2D eigenvalue weighted by atomic mass is 10.1. The number of halogens is 2. The fourth-order valence-corrected chi connectivity index (χ4v) is 2.43. The fourth-order valence-electron chi connectivity index (χ4n) is 2.27. The van der Waals surface area contributed by atoms with E-state index >= 15 is 0 Å². The highest BCUT2D eigenvalue weighted by Gasteiger charge is 2.11. The van der Waals surface area contributed by atoms with Gasteiger partial charge in [-0.15, -0.1) is 0 Å². The van der Waals surface area contributed by atoms with E-state index in [0.29, 0.717) is 12.1 Å². The first-order chi connectivity index (χ1) is 12.4. The number of rotatable bonds is 5. The van der Waals surface area contributed by atoms with Crippen molar-refractivity contribution in [2.24, 2.45) is 0 Å². The molecular weight excluding hydrogens is 363 g/mol. The summed E-state index contributed by atoms with van der Waals surface area (Å²) in [5, 5.41) is 17.3. The lowest BCUT2D eigenvalue weighted by Crippen LogP contribution is -2.13. The van der Waals surface area contributed by atoms with E-state index in [2.05, 4.69) is 10.4 Å². The summed E-state index contributed by atoms with van der Waals surface area (Å²) < 4.78 is 15.2. The minimum Gasteiger partial charge on any atom is -0.319 e. The van der Waals surface area contributed by atoms with Crippen LogP contribution in [-0.2, 0) is 6.54 Å². The van der Waals surface area contributed by atoms with Gasteiger partial charge >= 0.3 is 5.69 Å². The molecule has 0 saturated heterocycles. The Bertz CT molecular complexity index is 972. The van der Waals surface area contributed by atoms with Gasteiger partial charge in [0.2, 0.25) is 0 Å². The number of nitro groups is 1. The van der Waals surface area contributed by atoms with E-state index in [-0.39, 0.29) is 16.4 Å². The molecule has 0 aliphatic heterocycles. The van der Waals surface area contributed by atoms with Crippen LogP contribution in [0.4, 0.5) is 15.8 Å². The fraction of sp³-hybridized carbons (Fsp3) is 0.0588. The summed E-state index contributed by atoms with van der Waals surface area (Å²) in [6, 6.07) is 10.5. The number of amides is 1. The number of anilines is 1. The van der Waals surface area contributed by atoms with Crippen molar-refractivity contribution in [3.63, 3.8) is 0 Å². The molecule has 0 bridgehead atoms. The van der Waals surface area contributed by atoms with Gasteiger partial charge in [-0.2, -0.15) is 5.10 Å². The van der Waals surface area contributed by atoms with Gasteiger partial charge in [0.15, 0.2) is 0 Å². The average Bonchev–Trinajstić information content (AvgIpc) is 3.07. The predicted octanol–water partition coefficient (Wildman–Crippen LogP) is 3.88. The molecule has 3 aromatic rings. The largest absolute Gasteiger partial charge is 0.319 e. The van der Waals surface area contributed by atoms with Crippen LogP contribution in [0.1, 0.15) is 15.9 Å². The number of carbonyl (C=O) groups excluding carboxylic acids is 1. The molecule has 7 nitrogen and oxygen atoms in total. The molecule has 26 heavy (non-hydrogen) atoms. The molecule has 1 heterocycles. The van der Waals surface area contributed by atoms with Gasteiger partial charge in [-0.1, -0.05) is 23.7 Å². The zero-order chi connectivity index (χ0) is 18.7. The van der Waals surface area contributed by atoms with Crippen molar-refractivity contribution in [1.82, 2.24) is 9.78 Å². The van der Waals surface area contributed by atoms with Crippen LogP contribution in [0.3, 0.4) is 0 Å². The molecule has 0 unspecified atom stereocenters. The van der Waals surface area contributed by atoms with Crippen molar-refractivity contribution in [2.75, 3.05) is 5.32 Å². The molecule has 0 aliphatic rings. The minimum absolute atomic E-state index is 0.0346. The van der Waals surface area contributed by atoms with E-state index in [1.807, 2.05) is 0 Å². The highest BCUT2D eigenvalue weighted by atomic mass is 35.5. The van der Waals surface area contributed by atoms with Crippen LogP contribution in [0.2, 0.25) is 5.02 Å². The van der Waals surface area contributed by atoms with Crippen molar-refractivity contribution in [1.29, 1.82) is 0 Å². The summed E-state index contributed by atoms with van der Waals surface area (Å²) >= 11 is 5.68. The maximum Gasteiger partial charge on any atom is 0.307 e. The second kappa shape index (κ2) is 7.32. The Morgan fingerprint density at radius 1 is 1.27 bits per heavy atom. The normalized spacial score (nSPS) is 10.5. The average molecular weight is 375 g/mol. The molecule has 2 aromatic carbocycles. The second-order valence-electron chi connectivity index (χ2n) is 5.43. The van der Waals surface area contributed by atoms with Gasteiger partial charge < -0.3 is 5.32 Å². The summed E-state index contributed by atoms with van der Waals surface area (Å²) in [5.74, 6) is -1.09. The maximum atomic E-state index is 13.7. The SMILES string of the molecule is O=C(Nc1ccc(Cl)cc1F)c1ccc(Cn2cc([N+](=O)[O-])cn2)cc1. The zero-order valence-electron chi connectivity index (χ0n) is 13.2. The summed E-state index contributed by atoms with van der Waals surface area (Å²) in [6.45, 7) is 0.321. The van der Waals surface area contributed by atoms with E-state index in [9.17, 15) is 19.3 Å². The Morgan fingerprint density at radius 3 is 2.62 bits per heavy atom. The van der Waals surface area contributed by atoms with Gasteiger partial charge in [0, 0.05) is 10.6 Å². The second-order valence-corrected chi connectivity index (χ2v) is 5.86. The van der Waals surface area contributed by atoms with Crippen LogP contribution in [0.25, 0.3) is 0 Å². The van der Waals surface area contributed by atoms with Crippen molar-refractivity contribution in [3.8, 4) is 0 Å². The Morgan fingerprint density at radius 2 is 2.00 bits per heavy atom. The first-order valence-electron chi connectivity index (χ1n) is 7.44. The monoisotopic (exact) mass is 374 g/mol. The highest BCUT2D eigenvalue weighted by molar-refractivity contribution is 6.30. The molecule has 9 heteroatoms. The Hall–Kier alpha value is -3.26. The highest BCUT2D eigenvalue weighted by Crippen LogP contribution is 2.20. The van der Waals surface area contributed by atoms with E-state index in [0.717, 1.165) is 11.6 Å². The number of nitrogens with one attached hydrogen (secondary N) is 1. The number of aromatic nitrogens is 2. The van der Waals surface area contributed by atoms with Crippen molar-refractivity contribution in [2.45, 2.75) is 6.54 Å². The summed E-state index contributed by atoms with van der Waals surface area (Å²) in [6.07, 6.45) is 2.49. The molecule has 132 valence electrons. The number of carbonyl (C=O) groups is 1. The van der Waals surface area contributed by atoms with Gasteiger partial charge in [0.1, 0.15) is 18.2 Å². The Balaban J connectivity index is 1.68. The molecule has 0 radical (unpaired) electrons. The number of nitrogens with zero attached hydrogens (tertiary/aromatic N) is 3. The Kier molecular flexibility index (Phi) is 4.94. The molecule has 0 aliphatic carbocycles. The van der Waals surface area contributed by atoms with Crippen molar-refractivity contribution < 1.29 is 14.1 Å². The molecule has 1 aromatic heterocycles. The van der Waals surface area contributed by atoms with Gasteiger partial charge in [-0.25, -0.2) is 4.39 Å². The van der Waals surface area contributed by atoms with Crippen LogP contribution in [0, 0.1) is 15.9 Å². The molecule has 0 spiro atoms. The van der Waals surface area contributed by atoms with Gasteiger partial charge in [-0.3, -0.25) is 19.6 Å². The lowest BCUT2D eigenvalue weighted by Gasteiger charge is -2.08. The van der Waals surface area contributed by atoms with Crippen LogP contribution in [0.5, 0.6) is 0 Å². The van der Waals surface area contributed by atoms with E-state index in [1.54, 1.807) is 24.3 Å². The first-order valence-corrected chi connectivity index (χ1v) is 7.82. The van der Waals surface area contributed by atoms with Crippen LogP contribution < -0.4 is 5.32 Å². The number of hydrogen-bond donors (Lipinski definition) is 1. The van der Waals surface area contributed by atoms with E-state index in [4.69, 9.17) is 11.6 Å². The smallest absolute Gasteiger partial charge is 0.307 e. The van der Waals surface area contributed by atoms with Gasteiger partial charge in [0.05, 0.1) is 17.2 Å². The zero-order valence-corrected chi connectivity index (χ0v) is 14.0. The molecule has 3 rings (SSSR count). The third kappa shape index (κ3) is 4.04. The predicted molar refractivity (Wildman–Crippen MR) is 93.8 cm³/mol. The summed E-state index contributed by atoms with van der Waals surface area (Å²) in [4.78, 5) is 22.3. The number of hydrogen-bond acceptors (Lipinski definition) is 4. The molecular formula is C17H12ClFN4O3. The standard InChI is InChI=1S/C17H12ClFN4O3/c18-13-5-6-16(15(19)7-13)21-17(24)12-3-1-11(2-4-12)9-22-10-14(8-20-22)23(25)26/h1-8,10H,9H2,(H,21,24). The van der Waals surface area contributed by atoms with Crippen LogP contribution >= 0.6 is 11.6 Å². The first kappa shape index (κ1) is 17.6. The molecule has 0 saturated carbocycles. The quantitative estimate of drug-likeness (QED) is 0.542. The molecule has 0 atom stereocenters. The summed E-state index contributed by atoms with van der Waals surface area (Å²) in [5.41, 5.74) is 1.09. The summed E-state index contributed by atoms with van der Waals surface area (Å²) in [7, 11) is 0. The molecule has 1 N–H and O–H groups in total. The third-order valence-corrected chi connectivity index (χ3v) is 3.81. The van der Waals surface area contributed by atoms with E-state index in [1.165, 1.54) is 29.2 Å². The van der Waals surface area contributed by atoms with Gasteiger partial charge in [-0.05, 0) is 35.9 Å². The Labute approximate surface area is 152 Å². The third-order valence-electron chi connectivity index (χ3n) is 3.57. The van der Waals surface area contributed by atoms with Crippen LogP contribution in [-0.4, -0.2) is 20.6 Å². The van der Waals surface area contributed by atoms with Gasteiger partial charge in [0.25, 0.3) is 5.91 Å². The molecule has 0 fully saturated rings. The molecule has 1 amide bonds. The van der Waals surface area contributed by atoms with Crippen LogP contribution in [0.15, 0.2) is 54.9 Å². The van der Waals surface area contributed by atoms with Crippen molar-refractivity contribution >= 4 is 28.9 Å². The lowest BCUT2D eigenvalue weighted by molar-refractivity contribution is -0.385. The topological polar surface area (TPSA) is 90.1 Å². The van der Waals surface area contributed by atoms with E-state index < -0.39 is 16.6 Å². The maximum absolute atomic E-state index is 13.7. The van der Waals surface area contributed by atoms with Crippen molar-refractivity contribution in [3.05, 3.63) is 86.9 Å².